The molecule has 0 aliphatic carbocycles. The number of amides is 1. The van der Waals surface area contributed by atoms with Gasteiger partial charge in [-0.05, 0) is 39.1 Å². The van der Waals surface area contributed by atoms with E-state index in [4.69, 9.17) is 9.47 Å². The molecule has 3 rings (SSSR count). The lowest BCUT2D eigenvalue weighted by Gasteiger charge is -2.36. The zero-order chi connectivity index (χ0) is 18.9. The molecule has 0 radical (unpaired) electrons. The summed E-state index contributed by atoms with van der Waals surface area (Å²) in [4.78, 5) is 28.8. The van der Waals surface area contributed by atoms with Gasteiger partial charge in [-0.1, -0.05) is 0 Å². The molecular weight excluding hydrogens is 339 g/mol. The highest BCUT2D eigenvalue weighted by Gasteiger charge is 2.50. The molecular formula is C19H25FN2O4. The fourth-order valence-electron chi connectivity index (χ4n) is 3.88. The number of esters is 1. The maximum atomic E-state index is 13.7. The Balaban J connectivity index is 1.66. The van der Waals surface area contributed by atoms with Crippen molar-refractivity contribution in [2.45, 2.75) is 25.4 Å². The third-order valence-electron chi connectivity index (χ3n) is 5.26. The normalized spacial score (nSPS) is 22.0. The number of halogens is 1. The second-order valence-electron chi connectivity index (χ2n) is 7.45. The molecule has 1 unspecified atom stereocenters. The average Bonchev–Trinajstić information content (AvgIpc) is 2.88. The third kappa shape index (κ3) is 3.67. The van der Waals surface area contributed by atoms with Crippen molar-refractivity contribution in [3.05, 3.63) is 29.6 Å². The second-order valence-corrected chi connectivity index (χ2v) is 7.45. The van der Waals surface area contributed by atoms with Crippen molar-refractivity contribution in [2.75, 3.05) is 40.8 Å². The molecule has 0 bridgehead atoms. The van der Waals surface area contributed by atoms with E-state index < -0.39 is 11.2 Å². The smallest absolute Gasteiger partial charge is 0.312 e. The van der Waals surface area contributed by atoms with E-state index in [9.17, 15) is 14.0 Å². The molecule has 2 aliphatic heterocycles. The van der Waals surface area contributed by atoms with Crippen molar-refractivity contribution < 1.29 is 23.5 Å². The topological polar surface area (TPSA) is 59.1 Å². The van der Waals surface area contributed by atoms with E-state index in [1.54, 1.807) is 4.90 Å². The molecule has 2 fully saturated rings. The molecule has 142 valence electrons. The number of methoxy groups -OCH3 is 1. The van der Waals surface area contributed by atoms with Crippen LogP contribution < -0.4 is 4.74 Å². The summed E-state index contributed by atoms with van der Waals surface area (Å²) < 4.78 is 24.2. The molecule has 0 N–H and O–H groups in total. The second kappa shape index (κ2) is 7.23. The Labute approximate surface area is 152 Å². The lowest BCUT2D eigenvalue weighted by molar-refractivity contribution is -0.150. The fourth-order valence-corrected chi connectivity index (χ4v) is 3.88. The van der Waals surface area contributed by atoms with E-state index in [0.717, 1.165) is 0 Å². The van der Waals surface area contributed by atoms with Gasteiger partial charge in [-0.3, -0.25) is 9.59 Å². The first kappa shape index (κ1) is 18.6. The minimum atomic E-state index is -0.507. The first-order chi connectivity index (χ1) is 12.3. The average molecular weight is 364 g/mol. The summed E-state index contributed by atoms with van der Waals surface area (Å²) in [6.07, 6.45) is 1.76. The van der Waals surface area contributed by atoms with Gasteiger partial charge in [0.15, 0.2) is 0 Å². The van der Waals surface area contributed by atoms with Crippen LogP contribution in [0, 0.1) is 11.2 Å². The largest absolute Gasteiger partial charge is 0.497 e. The van der Waals surface area contributed by atoms with Gasteiger partial charge in [0.05, 0.1) is 12.5 Å². The standard InChI is InChI=1S/C19H25FN2O4/c1-21(2)12-16-11-19(18(24)26-16)4-6-22(7-5-19)17(23)13-8-14(20)10-15(9-13)25-3/h8-10,16H,4-7,11-12H2,1-3H3. The number of rotatable bonds is 4. The Bertz CT molecular complexity index is 699. The summed E-state index contributed by atoms with van der Waals surface area (Å²) in [6, 6.07) is 3.99. The zero-order valence-corrected chi connectivity index (χ0v) is 15.5. The van der Waals surface area contributed by atoms with Crippen LogP contribution in [0.5, 0.6) is 5.75 Å². The Morgan fingerprint density at radius 1 is 1.35 bits per heavy atom. The molecule has 1 spiro atoms. The van der Waals surface area contributed by atoms with Crippen molar-refractivity contribution in [1.29, 1.82) is 0 Å². The SMILES string of the molecule is COc1cc(F)cc(C(=O)N2CCC3(CC2)CC(CN(C)C)OC3=O)c1. The molecule has 6 nitrogen and oxygen atoms in total. The lowest BCUT2D eigenvalue weighted by atomic mass is 9.76. The highest BCUT2D eigenvalue weighted by Crippen LogP contribution is 2.43. The predicted octanol–water partition coefficient (Wildman–Crippen LogP) is 1.93. The monoisotopic (exact) mass is 364 g/mol. The summed E-state index contributed by atoms with van der Waals surface area (Å²) in [7, 11) is 5.34. The molecule has 0 saturated carbocycles. The van der Waals surface area contributed by atoms with E-state index in [1.807, 2.05) is 19.0 Å². The van der Waals surface area contributed by atoms with E-state index in [-0.39, 0.29) is 23.5 Å². The Morgan fingerprint density at radius 2 is 2.04 bits per heavy atom. The molecule has 1 atom stereocenters. The highest BCUT2D eigenvalue weighted by molar-refractivity contribution is 5.95. The van der Waals surface area contributed by atoms with E-state index in [0.29, 0.717) is 44.6 Å². The fraction of sp³-hybridized carbons (Fsp3) is 0.579. The molecule has 2 aliphatic rings. The van der Waals surface area contributed by atoms with Crippen LogP contribution in [-0.4, -0.2) is 68.6 Å². The van der Waals surface area contributed by atoms with Crippen molar-refractivity contribution in [1.82, 2.24) is 9.80 Å². The van der Waals surface area contributed by atoms with Gasteiger partial charge >= 0.3 is 5.97 Å². The van der Waals surface area contributed by atoms with Crippen molar-refractivity contribution in [3.8, 4) is 5.75 Å². The summed E-state index contributed by atoms with van der Waals surface area (Å²) >= 11 is 0. The number of hydrogen-bond acceptors (Lipinski definition) is 5. The van der Waals surface area contributed by atoms with Gasteiger partial charge in [0, 0.05) is 37.7 Å². The number of piperidine rings is 1. The molecule has 1 aromatic carbocycles. The summed E-state index contributed by atoms with van der Waals surface area (Å²) in [5.41, 5.74) is -0.228. The molecule has 1 amide bonds. The van der Waals surface area contributed by atoms with Crippen molar-refractivity contribution in [2.24, 2.45) is 5.41 Å². The number of carbonyl (C=O) groups excluding carboxylic acids is 2. The van der Waals surface area contributed by atoms with Crippen LogP contribution in [0.25, 0.3) is 0 Å². The zero-order valence-electron chi connectivity index (χ0n) is 15.5. The molecule has 26 heavy (non-hydrogen) atoms. The molecule has 7 heteroatoms. The summed E-state index contributed by atoms with van der Waals surface area (Å²) in [6.45, 7) is 1.63. The number of likely N-dealkylation sites (N-methyl/N-ethyl adjacent to an activating group) is 1. The van der Waals surface area contributed by atoms with E-state index in [1.165, 1.54) is 25.3 Å². The minimum Gasteiger partial charge on any atom is -0.497 e. The number of benzene rings is 1. The van der Waals surface area contributed by atoms with Gasteiger partial charge in [0.2, 0.25) is 0 Å². The van der Waals surface area contributed by atoms with Crippen molar-refractivity contribution >= 4 is 11.9 Å². The van der Waals surface area contributed by atoms with Gasteiger partial charge in [-0.15, -0.1) is 0 Å². The number of cyclic esters (lactones) is 1. The highest BCUT2D eigenvalue weighted by atomic mass is 19.1. The number of hydrogen-bond donors (Lipinski definition) is 0. The van der Waals surface area contributed by atoms with Gasteiger partial charge < -0.3 is 19.3 Å². The molecule has 2 heterocycles. The van der Waals surface area contributed by atoms with Gasteiger partial charge in [0.25, 0.3) is 5.91 Å². The maximum absolute atomic E-state index is 13.7. The van der Waals surface area contributed by atoms with Gasteiger partial charge in [0.1, 0.15) is 17.7 Å². The van der Waals surface area contributed by atoms with Crippen molar-refractivity contribution in [3.63, 3.8) is 0 Å². The predicted molar refractivity (Wildman–Crippen MR) is 93.6 cm³/mol. The Hall–Kier alpha value is -2.15. The maximum Gasteiger partial charge on any atom is 0.312 e. The van der Waals surface area contributed by atoms with Crippen LogP contribution in [0.4, 0.5) is 4.39 Å². The number of ether oxygens (including phenoxy) is 2. The van der Waals surface area contributed by atoms with Crippen LogP contribution in [0.2, 0.25) is 0 Å². The molecule has 1 aromatic rings. The van der Waals surface area contributed by atoms with Crippen LogP contribution >= 0.6 is 0 Å². The quantitative estimate of drug-likeness (QED) is 0.764. The van der Waals surface area contributed by atoms with Crippen LogP contribution in [0.3, 0.4) is 0 Å². The molecule has 2 saturated heterocycles. The Kier molecular flexibility index (Phi) is 5.18. The van der Waals surface area contributed by atoms with E-state index in [2.05, 4.69) is 0 Å². The summed E-state index contributed by atoms with van der Waals surface area (Å²) in [5.74, 6) is -0.586. The summed E-state index contributed by atoms with van der Waals surface area (Å²) in [5, 5.41) is 0. The first-order valence-corrected chi connectivity index (χ1v) is 8.83. The number of likely N-dealkylation sites (tertiary alicyclic amines) is 1. The van der Waals surface area contributed by atoms with Gasteiger partial charge in [-0.25, -0.2) is 4.39 Å². The molecule has 0 aromatic heterocycles. The minimum absolute atomic E-state index is 0.0905. The lowest BCUT2D eigenvalue weighted by Crippen LogP contribution is -2.45. The van der Waals surface area contributed by atoms with Crippen LogP contribution in [0.1, 0.15) is 29.6 Å². The van der Waals surface area contributed by atoms with Gasteiger partial charge in [-0.2, -0.15) is 0 Å². The van der Waals surface area contributed by atoms with Crippen LogP contribution in [0.15, 0.2) is 18.2 Å². The number of nitrogens with zero attached hydrogens (tertiary/aromatic N) is 2. The van der Waals surface area contributed by atoms with E-state index >= 15 is 0 Å². The Morgan fingerprint density at radius 3 is 2.65 bits per heavy atom. The van der Waals surface area contributed by atoms with Crippen LogP contribution in [-0.2, 0) is 9.53 Å². The third-order valence-corrected chi connectivity index (χ3v) is 5.26. The first-order valence-electron chi connectivity index (χ1n) is 8.83. The number of carbonyl (C=O) groups is 2.